The molecule has 4 aromatic carbocycles. The lowest BCUT2D eigenvalue weighted by atomic mass is 9.98. The largest absolute Gasteiger partial charge is 0.497 e. The predicted molar refractivity (Wildman–Crippen MR) is 148 cm³/mol. The van der Waals surface area contributed by atoms with Crippen LogP contribution < -0.4 is 14.8 Å². The van der Waals surface area contributed by atoms with Crippen LogP contribution in [0.2, 0.25) is 0 Å². The fourth-order valence-electron chi connectivity index (χ4n) is 5.08. The van der Waals surface area contributed by atoms with Crippen molar-refractivity contribution in [3.8, 4) is 33.8 Å². The minimum atomic E-state index is -1.14. The summed E-state index contributed by atoms with van der Waals surface area (Å²) in [5.74, 6) is 0.122. The zero-order chi connectivity index (χ0) is 27.4. The van der Waals surface area contributed by atoms with Crippen molar-refractivity contribution in [1.82, 2.24) is 5.32 Å². The number of hydrogen-bond acceptors (Lipinski definition) is 5. The van der Waals surface area contributed by atoms with Gasteiger partial charge in [-0.25, -0.2) is 9.59 Å². The van der Waals surface area contributed by atoms with Crippen molar-refractivity contribution in [3.63, 3.8) is 0 Å². The van der Waals surface area contributed by atoms with E-state index in [-0.39, 0.29) is 18.9 Å². The van der Waals surface area contributed by atoms with Crippen molar-refractivity contribution < 1.29 is 28.9 Å². The summed E-state index contributed by atoms with van der Waals surface area (Å²) in [5, 5.41) is 12.3. The molecule has 0 spiro atoms. The number of methoxy groups -OCH3 is 2. The standard InChI is InChI=1S/C32H29NO6/c1-37-22-15-16-23(30(18-22)38-2)21-13-11-20(12-14-21)17-29(31(34)35)33-32(36)39-19-28-26-9-5-3-7-24(26)25-8-4-6-10-27(25)28/h3-16,18,28-29H,17,19H2,1-2H3,(H,33,36)(H,34,35)/t29-/m0/s1. The number of aliphatic carboxylic acids is 1. The maximum Gasteiger partial charge on any atom is 0.407 e. The van der Waals surface area contributed by atoms with Crippen LogP contribution in [0, 0.1) is 0 Å². The second-order valence-electron chi connectivity index (χ2n) is 9.33. The summed E-state index contributed by atoms with van der Waals surface area (Å²) >= 11 is 0. The Morgan fingerprint density at radius 2 is 1.46 bits per heavy atom. The average Bonchev–Trinajstić information content (AvgIpc) is 3.29. The average molecular weight is 524 g/mol. The highest BCUT2D eigenvalue weighted by atomic mass is 16.5. The van der Waals surface area contributed by atoms with Gasteiger partial charge in [-0.2, -0.15) is 0 Å². The Balaban J connectivity index is 1.23. The number of benzene rings is 4. The molecule has 0 unspecified atom stereocenters. The summed E-state index contributed by atoms with van der Waals surface area (Å²) in [7, 11) is 3.19. The van der Waals surface area contributed by atoms with E-state index in [4.69, 9.17) is 14.2 Å². The summed E-state index contributed by atoms with van der Waals surface area (Å²) < 4.78 is 16.3. The molecule has 0 fully saturated rings. The Kier molecular flexibility index (Phi) is 7.50. The molecule has 5 rings (SSSR count). The first kappa shape index (κ1) is 25.9. The molecule has 7 heteroatoms. The molecule has 0 saturated carbocycles. The molecule has 1 amide bonds. The fraction of sp³-hybridized carbons (Fsp3) is 0.188. The number of hydrogen-bond donors (Lipinski definition) is 2. The summed E-state index contributed by atoms with van der Waals surface area (Å²) in [6, 6.07) is 28.0. The topological polar surface area (TPSA) is 94.1 Å². The lowest BCUT2D eigenvalue weighted by Crippen LogP contribution is -2.42. The smallest absolute Gasteiger partial charge is 0.407 e. The third kappa shape index (κ3) is 5.43. The van der Waals surface area contributed by atoms with Crippen LogP contribution in [0.25, 0.3) is 22.3 Å². The highest BCUT2D eigenvalue weighted by Gasteiger charge is 2.29. The third-order valence-electron chi connectivity index (χ3n) is 7.05. The van der Waals surface area contributed by atoms with Crippen LogP contribution in [0.4, 0.5) is 4.79 Å². The second kappa shape index (κ2) is 11.3. The van der Waals surface area contributed by atoms with E-state index in [0.29, 0.717) is 11.5 Å². The zero-order valence-corrected chi connectivity index (χ0v) is 21.7. The van der Waals surface area contributed by atoms with E-state index in [2.05, 4.69) is 17.4 Å². The van der Waals surface area contributed by atoms with E-state index < -0.39 is 18.1 Å². The molecule has 0 aromatic heterocycles. The van der Waals surface area contributed by atoms with E-state index >= 15 is 0 Å². The quantitative estimate of drug-likeness (QED) is 0.284. The lowest BCUT2D eigenvalue weighted by molar-refractivity contribution is -0.139. The van der Waals surface area contributed by atoms with Crippen LogP contribution in [0.1, 0.15) is 22.6 Å². The highest BCUT2D eigenvalue weighted by Crippen LogP contribution is 2.44. The molecule has 39 heavy (non-hydrogen) atoms. The fourth-order valence-corrected chi connectivity index (χ4v) is 5.08. The van der Waals surface area contributed by atoms with Crippen molar-refractivity contribution in [2.45, 2.75) is 18.4 Å². The molecule has 0 aliphatic heterocycles. The van der Waals surface area contributed by atoms with Crippen LogP contribution in [0.5, 0.6) is 11.5 Å². The molecule has 0 saturated heterocycles. The number of carboxylic acid groups (broad SMARTS) is 1. The molecule has 1 aliphatic carbocycles. The van der Waals surface area contributed by atoms with Gasteiger partial charge in [0.1, 0.15) is 24.1 Å². The van der Waals surface area contributed by atoms with Crippen LogP contribution >= 0.6 is 0 Å². The molecule has 2 N–H and O–H groups in total. The molecule has 0 bridgehead atoms. The first-order chi connectivity index (χ1) is 19.0. The van der Waals surface area contributed by atoms with Gasteiger partial charge in [0.25, 0.3) is 0 Å². The predicted octanol–water partition coefficient (Wildman–Crippen LogP) is 5.91. The van der Waals surface area contributed by atoms with E-state index in [0.717, 1.165) is 38.9 Å². The second-order valence-corrected chi connectivity index (χ2v) is 9.33. The van der Waals surface area contributed by atoms with Crippen LogP contribution in [0.3, 0.4) is 0 Å². The van der Waals surface area contributed by atoms with Gasteiger partial charge in [0.15, 0.2) is 0 Å². The molecule has 0 radical (unpaired) electrons. The molecular weight excluding hydrogens is 494 g/mol. The van der Waals surface area contributed by atoms with Gasteiger partial charge in [0, 0.05) is 24.0 Å². The number of fused-ring (bicyclic) bond motifs is 3. The van der Waals surface area contributed by atoms with Crippen LogP contribution in [-0.4, -0.2) is 44.0 Å². The molecule has 1 aliphatic rings. The normalized spacial score (nSPS) is 12.7. The van der Waals surface area contributed by atoms with Crippen molar-refractivity contribution in [2.24, 2.45) is 0 Å². The summed E-state index contributed by atoms with van der Waals surface area (Å²) in [6.45, 7) is 0.116. The maximum absolute atomic E-state index is 12.7. The summed E-state index contributed by atoms with van der Waals surface area (Å²) in [5.41, 5.74) is 7.00. The number of carbonyl (C=O) groups excluding carboxylic acids is 1. The van der Waals surface area contributed by atoms with E-state index in [9.17, 15) is 14.7 Å². The number of nitrogens with one attached hydrogen (secondary N) is 1. The van der Waals surface area contributed by atoms with Crippen molar-refractivity contribution in [2.75, 3.05) is 20.8 Å². The maximum atomic E-state index is 12.7. The Morgan fingerprint density at radius 3 is 2.05 bits per heavy atom. The van der Waals surface area contributed by atoms with Crippen molar-refractivity contribution >= 4 is 12.1 Å². The number of carbonyl (C=O) groups is 2. The first-order valence-corrected chi connectivity index (χ1v) is 12.6. The Hall–Kier alpha value is -4.78. The van der Waals surface area contributed by atoms with Gasteiger partial charge in [0.05, 0.1) is 14.2 Å². The molecule has 198 valence electrons. The summed E-state index contributed by atoms with van der Waals surface area (Å²) in [4.78, 5) is 24.6. The van der Waals surface area contributed by atoms with Gasteiger partial charge in [-0.1, -0.05) is 72.8 Å². The van der Waals surface area contributed by atoms with E-state index in [1.165, 1.54) is 0 Å². The minimum Gasteiger partial charge on any atom is -0.497 e. The molecule has 4 aromatic rings. The first-order valence-electron chi connectivity index (χ1n) is 12.6. The number of rotatable bonds is 9. The zero-order valence-electron chi connectivity index (χ0n) is 21.7. The van der Waals surface area contributed by atoms with Crippen molar-refractivity contribution in [3.05, 3.63) is 108 Å². The van der Waals surface area contributed by atoms with Gasteiger partial charge in [0.2, 0.25) is 0 Å². The lowest BCUT2D eigenvalue weighted by Gasteiger charge is -2.18. The van der Waals surface area contributed by atoms with Gasteiger partial charge in [-0.3, -0.25) is 0 Å². The third-order valence-corrected chi connectivity index (χ3v) is 7.05. The van der Waals surface area contributed by atoms with Crippen LogP contribution in [-0.2, 0) is 16.0 Å². The van der Waals surface area contributed by atoms with Crippen molar-refractivity contribution in [1.29, 1.82) is 0 Å². The summed E-state index contributed by atoms with van der Waals surface area (Å²) in [6.07, 6.45) is -0.650. The Bertz CT molecular complexity index is 1450. The van der Waals surface area contributed by atoms with E-state index in [1.54, 1.807) is 14.2 Å². The van der Waals surface area contributed by atoms with Gasteiger partial charge < -0.3 is 24.6 Å². The number of carboxylic acids is 1. The van der Waals surface area contributed by atoms with Gasteiger partial charge in [-0.15, -0.1) is 0 Å². The number of amides is 1. The van der Waals surface area contributed by atoms with Crippen LogP contribution in [0.15, 0.2) is 91.0 Å². The van der Waals surface area contributed by atoms with Gasteiger partial charge in [-0.05, 0) is 45.5 Å². The molecular formula is C32H29NO6. The SMILES string of the molecule is COc1ccc(-c2ccc(C[C@H](NC(=O)OCC3c4ccccc4-c4ccccc43)C(=O)O)cc2)c(OC)c1. The highest BCUT2D eigenvalue weighted by molar-refractivity contribution is 5.81. The number of alkyl carbamates (subject to hydrolysis) is 1. The Morgan fingerprint density at radius 1 is 0.821 bits per heavy atom. The monoisotopic (exact) mass is 523 g/mol. The number of ether oxygens (including phenoxy) is 3. The molecule has 1 atom stereocenters. The minimum absolute atomic E-state index is 0.103. The molecule has 0 heterocycles. The molecule has 7 nitrogen and oxygen atoms in total. The van der Waals surface area contributed by atoms with Gasteiger partial charge >= 0.3 is 12.1 Å². The van der Waals surface area contributed by atoms with E-state index in [1.807, 2.05) is 78.9 Å². The Labute approximate surface area is 227 Å².